The summed E-state index contributed by atoms with van der Waals surface area (Å²) in [5, 5.41) is 0. The standard InChI is InChI=1S/C11H23NO3S/c1-12(2)9-6-10-16(13,14)15-11-7-4-3-5-8-11/h11H,3-10H2,1-2H3. The molecule has 1 saturated carbocycles. The molecule has 0 amide bonds. The van der Waals surface area contributed by atoms with E-state index in [-0.39, 0.29) is 11.9 Å². The first-order chi connectivity index (χ1) is 7.49. The van der Waals surface area contributed by atoms with Gasteiger partial charge in [0.25, 0.3) is 10.1 Å². The topological polar surface area (TPSA) is 46.6 Å². The van der Waals surface area contributed by atoms with Gasteiger partial charge in [0.2, 0.25) is 0 Å². The third-order valence-electron chi connectivity index (χ3n) is 2.83. The van der Waals surface area contributed by atoms with Gasteiger partial charge in [0.05, 0.1) is 11.9 Å². The van der Waals surface area contributed by atoms with Gasteiger partial charge >= 0.3 is 0 Å². The second-order valence-corrected chi connectivity index (χ2v) is 6.49. The molecule has 1 aliphatic rings. The van der Waals surface area contributed by atoms with E-state index < -0.39 is 10.1 Å². The molecule has 0 aromatic carbocycles. The zero-order valence-corrected chi connectivity index (χ0v) is 11.1. The first kappa shape index (κ1) is 13.9. The highest BCUT2D eigenvalue weighted by atomic mass is 32.2. The predicted molar refractivity (Wildman–Crippen MR) is 64.9 cm³/mol. The van der Waals surface area contributed by atoms with Crippen molar-refractivity contribution in [2.75, 3.05) is 26.4 Å². The lowest BCUT2D eigenvalue weighted by Crippen LogP contribution is -2.24. The zero-order valence-electron chi connectivity index (χ0n) is 10.3. The van der Waals surface area contributed by atoms with Gasteiger partial charge in [-0.15, -0.1) is 0 Å². The maximum absolute atomic E-state index is 11.6. The van der Waals surface area contributed by atoms with Crippen molar-refractivity contribution in [3.8, 4) is 0 Å². The molecule has 0 aromatic rings. The van der Waals surface area contributed by atoms with Crippen molar-refractivity contribution < 1.29 is 12.6 Å². The average molecular weight is 249 g/mol. The van der Waals surface area contributed by atoms with Crippen LogP contribution in [0.5, 0.6) is 0 Å². The van der Waals surface area contributed by atoms with Gasteiger partial charge in [0, 0.05) is 0 Å². The Hall–Kier alpha value is -0.130. The summed E-state index contributed by atoms with van der Waals surface area (Å²) in [5.74, 6) is 0.141. The van der Waals surface area contributed by atoms with Crippen LogP contribution in [0.1, 0.15) is 38.5 Å². The molecule has 16 heavy (non-hydrogen) atoms. The van der Waals surface area contributed by atoms with Crippen molar-refractivity contribution in [3.63, 3.8) is 0 Å². The Morgan fingerprint density at radius 3 is 2.38 bits per heavy atom. The Balaban J connectivity index is 2.27. The number of nitrogens with zero attached hydrogens (tertiary/aromatic N) is 1. The van der Waals surface area contributed by atoms with E-state index in [1.807, 2.05) is 19.0 Å². The van der Waals surface area contributed by atoms with E-state index in [0.717, 1.165) is 32.2 Å². The van der Waals surface area contributed by atoms with Crippen LogP contribution in [0.3, 0.4) is 0 Å². The molecule has 0 atom stereocenters. The molecule has 0 saturated heterocycles. The zero-order chi connectivity index (χ0) is 12.0. The Morgan fingerprint density at radius 1 is 1.19 bits per heavy atom. The van der Waals surface area contributed by atoms with E-state index in [0.29, 0.717) is 6.42 Å². The first-order valence-electron chi connectivity index (χ1n) is 6.05. The van der Waals surface area contributed by atoms with E-state index >= 15 is 0 Å². The minimum absolute atomic E-state index is 0.0573. The Morgan fingerprint density at radius 2 is 1.81 bits per heavy atom. The molecule has 0 bridgehead atoms. The van der Waals surface area contributed by atoms with Crippen molar-refractivity contribution in [2.24, 2.45) is 0 Å². The van der Waals surface area contributed by atoms with Crippen molar-refractivity contribution in [3.05, 3.63) is 0 Å². The molecule has 0 unspecified atom stereocenters. The van der Waals surface area contributed by atoms with Gasteiger partial charge in [-0.3, -0.25) is 4.18 Å². The molecule has 0 spiro atoms. The quantitative estimate of drug-likeness (QED) is 0.671. The van der Waals surface area contributed by atoms with Crippen LogP contribution in [0, 0.1) is 0 Å². The summed E-state index contributed by atoms with van der Waals surface area (Å²) < 4.78 is 28.5. The third-order valence-corrected chi connectivity index (χ3v) is 4.19. The molecule has 0 aromatic heterocycles. The van der Waals surface area contributed by atoms with Gasteiger partial charge in [-0.2, -0.15) is 8.42 Å². The normalized spacial score (nSPS) is 19.2. The Kier molecular flexibility index (Phi) is 5.72. The largest absolute Gasteiger partial charge is 0.309 e. The number of hydrogen-bond acceptors (Lipinski definition) is 4. The fourth-order valence-electron chi connectivity index (χ4n) is 1.97. The fourth-order valence-corrected chi connectivity index (χ4v) is 3.16. The molecule has 0 heterocycles. The lowest BCUT2D eigenvalue weighted by atomic mass is 9.98. The number of hydrogen-bond donors (Lipinski definition) is 0. The van der Waals surface area contributed by atoms with Crippen molar-refractivity contribution in [2.45, 2.75) is 44.6 Å². The van der Waals surface area contributed by atoms with Crippen LogP contribution < -0.4 is 0 Å². The van der Waals surface area contributed by atoms with Crippen LogP contribution in [-0.4, -0.2) is 45.8 Å². The van der Waals surface area contributed by atoms with Gasteiger partial charge in [-0.05, 0) is 39.9 Å². The van der Waals surface area contributed by atoms with Crippen LogP contribution in [-0.2, 0) is 14.3 Å². The molecule has 96 valence electrons. The van der Waals surface area contributed by atoms with E-state index in [9.17, 15) is 8.42 Å². The average Bonchev–Trinajstić information content (AvgIpc) is 2.17. The van der Waals surface area contributed by atoms with Crippen LogP contribution in [0.2, 0.25) is 0 Å². The van der Waals surface area contributed by atoms with Crippen molar-refractivity contribution >= 4 is 10.1 Å². The van der Waals surface area contributed by atoms with Gasteiger partial charge < -0.3 is 4.90 Å². The van der Waals surface area contributed by atoms with E-state index in [4.69, 9.17) is 4.18 Å². The molecular weight excluding hydrogens is 226 g/mol. The lowest BCUT2D eigenvalue weighted by Gasteiger charge is -2.21. The van der Waals surface area contributed by atoms with Crippen LogP contribution in [0.15, 0.2) is 0 Å². The SMILES string of the molecule is CN(C)CCCS(=O)(=O)OC1CCCCC1. The van der Waals surface area contributed by atoms with Crippen molar-refractivity contribution in [1.29, 1.82) is 0 Å². The smallest absolute Gasteiger partial charge is 0.267 e. The maximum Gasteiger partial charge on any atom is 0.267 e. The minimum atomic E-state index is -3.30. The summed E-state index contributed by atoms with van der Waals surface area (Å²) in [6, 6.07) is 0. The van der Waals surface area contributed by atoms with E-state index in [2.05, 4.69) is 0 Å². The molecular formula is C11H23NO3S. The van der Waals surface area contributed by atoms with E-state index in [1.165, 1.54) is 6.42 Å². The molecule has 1 aliphatic carbocycles. The monoisotopic (exact) mass is 249 g/mol. The second kappa shape index (κ2) is 6.57. The summed E-state index contributed by atoms with van der Waals surface area (Å²) in [6.07, 6.45) is 5.77. The van der Waals surface area contributed by atoms with Gasteiger partial charge in [-0.1, -0.05) is 19.3 Å². The highest BCUT2D eigenvalue weighted by Gasteiger charge is 2.21. The Labute approximate surface area is 99.1 Å². The molecule has 4 nitrogen and oxygen atoms in total. The molecule has 5 heteroatoms. The van der Waals surface area contributed by atoms with Gasteiger partial charge in [0.15, 0.2) is 0 Å². The molecule has 0 aliphatic heterocycles. The Bertz CT molecular complexity index is 282. The summed E-state index contributed by atoms with van der Waals surface area (Å²) in [7, 11) is 0.575. The summed E-state index contributed by atoms with van der Waals surface area (Å²) in [4.78, 5) is 1.98. The first-order valence-corrected chi connectivity index (χ1v) is 7.63. The van der Waals surface area contributed by atoms with Gasteiger partial charge in [-0.25, -0.2) is 0 Å². The summed E-state index contributed by atoms with van der Waals surface area (Å²) in [6.45, 7) is 0.785. The van der Waals surface area contributed by atoms with Crippen LogP contribution in [0.25, 0.3) is 0 Å². The molecule has 1 rings (SSSR count). The van der Waals surface area contributed by atoms with Crippen LogP contribution in [0.4, 0.5) is 0 Å². The second-order valence-electron chi connectivity index (χ2n) is 4.77. The third kappa shape index (κ3) is 5.82. The van der Waals surface area contributed by atoms with E-state index in [1.54, 1.807) is 0 Å². The lowest BCUT2D eigenvalue weighted by molar-refractivity contribution is 0.162. The molecule has 1 fully saturated rings. The molecule has 0 radical (unpaired) electrons. The maximum atomic E-state index is 11.6. The highest BCUT2D eigenvalue weighted by Crippen LogP contribution is 2.22. The highest BCUT2D eigenvalue weighted by molar-refractivity contribution is 7.86. The predicted octanol–water partition coefficient (Wildman–Crippen LogP) is 1.62. The van der Waals surface area contributed by atoms with Crippen LogP contribution >= 0.6 is 0 Å². The molecule has 0 N–H and O–H groups in total. The van der Waals surface area contributed by atoms with Crippen molar-refractivity contribution in [1.82, 2.24) is 4.90 Å². The summed E-state index contributed by atoms with van der Waals surface area (Å²) in [5.41, 5.74) is 0. The fraction of sp³-hybridized carbons (Fsp3) is 1.00. The van der Waals surface area contributed by atoms with Gasteiger partial charge in [0.1, 0.15) is 0 Å². The minimum Gasteiger partial charge on any atom is -0.309 e. The number of rotatable bonds is 6. The summed E-state index contributed by atoms with van der Waals surface area (Å²) >= 11 is 0.